The highest BCUT2D eigenvalue weighted by atomic mass is 16.4. The Hall–Kier alpha value is -1.84. The first kappa shape index (κ1) is 16.2. The average Bonchev–Trinajstić information content (AvgIpc) is 2.39. The third-order valence-electron chi connectivity index (χ3n) is 3.97. The number of carbonyl (C=O) groups excluding carboxylic acids is 1. The Balaban J connectivity index is 3.01. The van der Waals surface area contributed by atoms with Crippen LogP contribution in [0.4, 0.5) is 5.69 Å². The molecule has 0 aliphatic carbocycles. The van der Waals surface area contributed by atoms with Crippen LogP contribution in [0.1, 0.15) is 48.7 Å². The van der Waals surface area contributed by atoms with E-state index in [0.29, 0.717) is 17.2 Å². The number of rotatable bonds is 5. The lowest BCUT2D eigenvalue weighted by Crippen LogP contribution is -2.26. The third-order valence-corrected chi connectivity index (χ3v) is 3.97. The van der Waals surface area contributed by atoms with Crippen molar-refractivity contribution >= 4 is 17.6 Å². The molecule has 20 heavy (non-hydrogen) atoms. The molecule has 0 heterocycles. The first-order valence-corrected chi connectivity index (χ1v) is 6.93. The van der Waals surface area contributed by atoms with Crippen molar-refractivity contribution in [2.75, 3.05) is 5.32 Å². The molecule has 2 atom stereocenters. The standard InChI is InChI=1S/C16H23NO3/c1-6-9(2)12(5)15(18)17-14-8-13(16(19)20)10(3)7-11(14)4/h7-9,12H,6H2,1-5H3,(H,17,18)(H,19,20). The Morgan fingerprint density at radius 3 is 2.30 bits per heavy atom. The zero-order valence-corrected chi connectivity index (χ0v) is 12.8. The molecule has 0 bridgehead atoms. The third kappa shape index (κ3) is 3.59. The minimum absolute atomic E-state index is 0.0670. The second-order valence-electron chi connectivity index (χ2n) is 5.45. The number of amides is 1. The van der Waals surface area contributed by atoms with Crippen LogP contribution in [0.25, 0.3) is 0 Å². The number of benzene rings is 1. The zero-order valence-electron chi connectivity index (χ0n) is 12.8. The SMILES string of the molecule is CCC(C)C(C)C(=O)Nc1cc(C(=O)O)c(C)cc1C. The van der Waals surface area contributed by atoms with Crippen molar-refractivity contribution in [1.82, 2.24) is 0 Å². The zero-order chi connectivity index (χ0) is 15.4. The van der Waals surface area contributed by atoms with Gasteiger partial charge in [-0.25, -0.2) is 4.79 Å². The number of carboxylic acid groups (broad SMARTS) is 1. The molecule has 0 aromatic heterocycles. The summed E-state index contributed by atoms with van der Waals surface area (Å²) in [5.41, 5.74) is 2.37. The Bertz CT molecular complexity index is 523. The number of hydrogen-bond donors (Lipinski definition) is 2. The van der Waals surface area contributed by atoms with Gasteiger partial charge in [-0.2, -0.15) is 0 Å². The van der Waals surface area contributed by atoms with Gasteiger partial charge in [-0.05, 0) is 37.0 Å². The van der Waals surface area contributed by atoms with Gasteiger partial charge in [-0.15, -0.1) is 0 Å². The normalized spacial score (nSPS) is 13.7. The Morgan fingerprint density at radius 1 is 1.20 bits per heavy atom. The van der Waals surface area contributed by atoms with Crippen molar-refractivity contribution in [2.24, 2.45) is 11.8 Å². The smallest absolute Gasteiger partial charge is 0.336 e. The molecular formula is C16H23NO3. The molecule has 0 aliphatic heterocycles. The van der Waals surface area contributed by atoms with Crippen LogP contribution in [0.3, 0.4) is 0 Å². The first-order valence-electron chi connectivity index (χ1n) is 6.93. The van der Waals surface area contributed by atoms with Gasteiger partial charge in [0.15, 0.2) is 0 Å². The van der Waals surface area contributed by atoms with Crippen molar-refractivity contribution in [1.29, 1.82) is 0 Å². The number of carbonyl (C=O) groups is 2. The molecule has 0 saturated carbocycles. The summed E-state index contributed by atoms with van der Waals surface area (Å²) in [7, 11) is 0. The summed E-state index contributed by atoms with van der Waals surface area (Å²) in [4.78, 5) is 23.3. The molecule has 0 aliphatic rings. The van der Waals surface area contributed by atoms with E-state index < -0.39 is 5.97 Å². The van der Waals surface area contributed by atoms with Gasteiger partial charge in [0.2, 0.25) is 5.91 Å². The van der Waals surface area contributed by atoms with Crippen LogP contribution >= 0.6 is 0 Å². The average molecular weight is 277 g/mol. The molecule has 1 aromatic rings. The highest BCUT2D eigenvalue weighted by molar-refractivity contribution is 5.96. The predicted octanol–water partition coefficient (Wildman–Crippen LogP) is 3.62. The maximum absolute atomic E-state index is 12.2. The largest absolute Gasteiger partial charge is 0.478 e. The lowest BCUT2D eigenvalue weighted by atomic mass is 9.92. The highest BCUT2D eigenvalue weighted by Gasteiger charge is 2.20. The summed E-state index contributed by atoms with van der Waals surface area (Å²) in [5, 5.41) is 12.0. The number of anilines is 1. The van der Waals surface area contributed by atoms with E-state index in [1.165, 1.54) is 6.07 Å². The summed E-state index contributed by atoms with van der Waals surface area (Å²) in [5.74, 6) is -0.857. The van der Waals surface area contributed by atoms with Crippen LogP contribution in [-0.4, -0.2) is 17.0 Å². The van der Waals surface area contributed by atoms with Crippen molar-refractivity contribution in [3.8, 4) is 0 Å². The van der Waals surface area contributed by atoms with E-state index in [1.54, 1.807) is 13.0 Å². The lowest BCUT2D eigenvalue weighted by Gasteiger charge is -2.19. The lowest BCUT2D eigenvalue weighted by molar-refractivity contribution is -0.120. The molecule has 0 fully saturated rings. The summed E-state index contributed by atoms with van der Waals surface area (Å²) in [6.07, 6.45) is 0.932. The summed E-state index contributed by atoms with van der Waals surface area (Å²) in [6.45, 7) is 9.60. The summed E-state index contributed by atoms with van der Waals surface area (Å²) in [6, 6.07) is 3.32. The van der Waals surface area contributed by atoms with Gasteiger partial charge in [0.25, 0.3) is 0 Å². The molecule has 0 saturated heterocycles. The minimum atomic E-state index is -0.979. The molecule has 1 rings (SSSR count). The van der Waals surface area contributed by atoms with Gasteiger partial charge in [-0.1, -0.05) is 33.3 Å². The fraction of sp³-hybridized carbons (Fsp3) is 0.500. The van der Waals surface area contributed by atoms with Gasteiger partial charge in [0.1, 0.15) is 0 Å². The number of aryl methyl sites for hydroxylation is 2. The fourth-order valence-corrected chi connectivity index (χ4v) is 2.08. The van der Waals surface area contributed by atoms with Gasteiger partial charge in [0, 0.05) is 11.6 Å². The van der Waals surface area contributed by atoms with Gasteiger partial charge >= 0.3 is 5.97 Å². The van der Waals surface area contributed by atoms with E-state index in [1.807, 2.05) is 27.7 Å². The van der Waals surface area contributed by atoms with E-state index >= 15 is 0 Å². The number of hydrogen-bond acceptors (Lipinski definition) is 2. The first-order chi connectivity index (χ1) is 9.27. The minimum Gasteiger partial charge on any atom is -0.478 e. The molecular weight excluding hydrogens is 254 g/mol. The molecule has 4 heteroatoms. The van der Waals surface area contributed by atoms with Crippen LogP contribution < -0.4 is 5.32 Å². The van der Waals surface area contributed by atoms with Crippen molar-refractivity contribution < 1.29 is 14.7 Å². The molecule has 2 unspecified atom stereocenters. The summed E-state index contributed by atoms with van der Waals surface area (Å²) >= 11 is 0. The topological polar surface area (TPSA) is 66.4 Å². The maximum Gasteiger partial charge on any atom is 0.336 e. The quantitative estimate of drug-likeness (QED) is 0.863. The fourth-order valence-electron chi connectivity index (χ4n) is 2.08. The number of aromatic carboxylic acids is 1. The van der Waals surface area contributed by atoms with E-state index in [9.17, 15) is 9.59 Å². The molecule has 1 aromatic carbocycles. The molecule has 0 radical (unpaired) electrons. The molecule has 1 amide bonds. The molecule has 0 spiro atoms. The van der Waals surface area contributed by atoms with Crippen LogP contribution in [0.5, 0.6) is 0 Å². The van der Waals surface area contributed by atoms with E-state index in [-0.39, 0.29) is 17.4 Å². The summed E-state index contributed by atoms with van der Waals surface area (Å²) < 4.78 is 0. The van der Waals surface area contributed by atoms with E-state index in [4.69, 9.17) is 5.11 Å². The number of carboxylic acids is 1. The number of nitrogens with one attached hydrogen (secondary N) is 1. The van der Waals surface area contributed by atoms with E-state index in [2.05, 4.69) is 5.32 Å². The van der Waals surface area contributed by atoms with Gasteiger partial charge in [-0.3, -0.25) is 4.79 Å². The van der Waals surface area contributed by atoms with Crippen molar-refractivity contribution in [3.05, 3.63) is 28.8 Å². The van der Waals surface area contributed by atoms with Crippen LogP contribution in [-0.2, 0) is 4.79 Å². The van der Waals surface area contributed by atoms with Crippen molar-refractivity contribution in [3.63, 3.8) is 0 Å². The van der Waals surface area contributed by atoms with Crippen LogP contribution in [0.2, 0.25) is 0 Å². The second kappa shape index (κ2) is 6.55. The Morgan fingerprint density at radius 2 is 1.80 bits per heavy atom. The molecule has 4 nitrogen and oxygen atoms in total. The maximum atomic E-state index is 12.2. The van der Waals surface area contributed by atoms with Crippen LogP contribution in [0.15, 0.2) is 12.1 Å². The van der Waals surface area contributed by atoms with Crippen LogP contribution in [0, 0.1) is 25.7 Å². The molecule has 2 N–H and O–H groups in total. The second-order valence-corrected chi connectivity index (χ2v) is 5.45. The Kier molecular flexibility index (Phi) is 5.31. The highest BCUT2D eigenvalue weighted by Crippen LogP contribution is 2.23. The van der Waals surface area contributed by atoms with Gasteiger partial charge < -0.3 is 10.4 Å². The predicted molar refractivity (Wildman–Crippen MR) is 80.1 cm³/mol. The van der Waals surface area contributed by atoms with E-state index in [0.717, 1.165) is 12.0 Å². The van der Waals surface area contributed by atoms with Crippen molar-refractivity contribution in [2.45, 2.75) is 41.0 Å². The Labute approximate surface area is 120 Å². The molecule has 110 valence electrons. The monoisotopic (exact) mass is 277 g/mol. The van der Waals surface area contributed by atoms with Gasteiger partial charge in [0.05, 0.1) is 5.56 Å².